The van der Waals surface area contributed by atoms with E-state index in [4.69, 9.17) is 5.11 Å². The first-order valence-corrected chi connectivity index (χ1v) is 10.6. The van der Waals surface area contributed by atoms with Gasteiger partial charge in [0.2, 0.25) is 0 Å². The van der Waals surface area contributed by atoms with Gasteiger partial charge in [0, 0.05) is 17.4 Å². The number of allylic oxidation sites excluding steroid dienone is 12. The molecule has 0 bridgehead atoms. The number of carbonyl (C=O) groups is 1. The molecule has 0 spiro atoms. The minimum atomic E-state index is -0.920. The normalized spacial score (nSPS) is 17.5. The minimum absolute atomic E-state index is 0.0694. The van der Waals surface area contributed by atoms with Gasteiger partial charge in [-0.15, -0.1) is 0 Å². The summed E-state index contributed by atoms with van der Waals surface area (Å²) in [7, 11) is 0. The summed E-state index contributed by atoms with van der Waals surface area (Å²) in [5, 5.41) is 29.5. The van der Waals surface area contributed by atoms with Crippen LogP contribution in [0.4, 0.5) is 0 Å². The highest BCUT2D eigenvalue weighted by Gasteiger charge is 2.24. The lowest BCUT2D eigenvalue weighted by atomic mass is 9.88. The van der Waals surface area contributed by atoms with Gasteiger partial charge < -0.3 is 15.3 Å². The third-order valence-corrected chi connectivity index (χ3v) is 4.62. The van der Waals surface area contributed by atoms with Gasteiger partial charge in [-0.3, -0.25) is 0 Å². The van der Waals surface area contributed by atoms with Crippen molar-refractivity contribution in [2.24, 2.45) is 11.8 Å². The van der Waals surface area contributed by atoms with Gasteiger partial charge in [0.25, 0.3) is 0 Å². The Morgan fingerprint density at radius 1 is 0.871 bits per heavy atom. The van der Waals surface area contributed by atoms with Gasteiger partial charge in [0.15, 0.2) is 0 Å². The van der Waals surface area contributed by atoms with Crippen LogP contribution in [0.3, 0.4) is 0 Å². The van der Waals surface area contributed by atoms with E-state index in [2.05, 4.69) is 6.58 Å². The fourth-order valence-corrected chi connectivity index (χ4v) is 2.51. The van der Waals surface area contributed by atoms with Crippen LogP contribution >= 0.6 is 0 Å². The average Bonchev–Trinajstić information content (AvgIpc) is 2.72. The summed E-state index contributed by atoms with van der Waals surface area (Å²) in [4.78, 5) is 10.6. The molecule has 0 saturated carbocycles. The SMILES string of the molecule is C=C(C)C=CC=CC=CC(O)C(C)C(O)C(C)C=CCCC=CC=CC=C(C)C(=O)O. The zero-order chi connectivity index (χ0) is 23.6. The van der Waals surface area contributed by atoms with E-state index in [-0.39, 0.29) is 11.8 Å². The summed E-state index contributed by atoms with van der Waals surface area (Å²) in [5.74, 6) is -1.28. The number of carboxylic acid groups (broad SMARTS) is 1. The maximum absolute atomic E-state index is 10.6. The number of hydrogen-bond donors (Lipinski definition) is 3. The van der Waals surface area contributed by atoms with E-state index in [0.29, 0.717) is 5.57 Å². The van der Waals surface area contributed by atoms with E-state index in [1.54, 1.807) is 37.3 Å². The number of carboxylic acids is 1. The molecule has 0 aromatic carbocycles. The summed E-state index contributed by atoms with van der Waals surface area (Å²) < 4.78 is 0. The van der Waals surface area contributed by atoms with Gasteiger partial charge in [-0.1, -0.05) is 105 Å². The third-order valence-electron chi connectivity index (χ3n) is 4.62. The van der Waals surface area contributed by atoms with Crippen molar-refractivity contribution < 1.29 is 20.1 Å². The fourth-order valence-electron chi connectivity index (χ4n) is 2.51. The van der Waals surface area contributed by atoms with Crippen molar-refractivity contribution in [1.82, 2.24) is 0 Å². The van der Waals surface area contributed by atoms with Crippen LogP contribution in [0, 0.1) is 11.8 Å². The summed E-state index contributed by atoms with van der Waals surface area (Å²) >= 11 is 0. The van der Waals surface area contributed by atoms with Crippen molar-refractivity contribution >= 4 is 5.97 Å². The van der Waals surface area contributed by atoms with Crippen LogP contribution in [0.15, 0.2) is 96.7 Å². The lowest BCUT2D eigenvalue weighted by Crippen LogP contribution is -2.32. The van der Waals surface area contributed by atoms with Gasteiger partial charge >= 0.3 is 5.97 Å². The molecule has 0 aliphatic heterocycles. The maximum Gasteiger partial charge on any atom is 0.331 e. The summed E-state index contributed by atoms with van der Waals surface area (Å²) in [6.07, 6.45) is 24.2. The molecule has 0 radical (unpaired) electrons. The van der Waals surface area contributed by atoms with E-state index < -0.39 is 18.2 Å². The molecular formula is C27H38O4. The number of rotatable bonds is 14. The molecule has 0 rings (SSSR count). The molecule has 3 N–H and O–H groups in total. The predicted octanol–water partition coefficient (Wildman–Crippen LogP) is 5.70. The molecule has 4 atom stereocenters. The molecule has 170 valence electrons. The van der Waals surface area contributed by atoms with Crippen LogP contribution < -0.4 is 0 Å². The number of aliphatic carboxylic acids is 1. The van der Waals surface area contributed by atoms with Crippen LogP contribution in [0.1, 0.15) is 40.5 Å². The Labute approximate surface area is 187 Å². The van der Waals surface area contributed by atoms with Crippen molar-refractivity contribution in [2.75, 3.05) is 0 Å². The fraction of sp³-hybridized carbons (Fsp3) is 0.370. The highest BCUT2D eigenvalue weighted by atomic mass is 16.4. The molecule has 31 heavy (non-hydrogen) atoms. The topological polar surface area (TPSA) is 77.8 Å². The summed E-state index contributed by atoms with van der Waals surface area (Å²) in [6, 6.07) is 0. The Kier molecular flexibility index (Phi) is 15.6. The lowest BCUT2D eigenvalue weighted by Gasteiger charge is -2.25. The predicted molar refractivity (Wildman–Crippen MR) is 131 cm³/mol. The van der Waals surface area contributed by atoms with E-state index in [1.807, 2.05) is 69.4 Å². The molecule has 0 fully saturated rings. The lowest BCUT2D eigenvalue weighted by molar-refractivity contribution is -0.132. The quantitative estimate of drug-likeness (QED) is 0.144. The monoisotopic (exact) mass is 426 g/mol. The Balaban J connectivity index is 4.37. The largest absolute Gasteiger partial charge is 0.478 e. The highest BCUT2D eigenvalue weighted by molar-refractivity contribution is 5.86. The first-order chi connectivity index (χ1) is 14.7. The summed E-state index contributed by atoms with van der Waals surface area (Å²) in [5.41, 5.74) is 1.27. The third kappa shape index (κ3) is 14.9. The smallest absolute Gasteiger partial charge is 0.331 e. The van der Waals surface area contributed by atoms with Gasteiger partial charge in [-0.2, -0.15) is 0 Å². The first kappa shape index (κ1) is 28.3. The van der Waals surface area contributed by atoms with Crippen molar-refractivity contribution in [2.45, 2.75) is 52.7 Å². The molecule has 0 heterocycles. The second kappa shape index (κ2) is 17.0. The van der Waals surface area contributed by atoms with Crippen molar-refractivity contribution in [3.63, 3.8) is 0 Å². The Hall–Kier alpha value is -2.69. The number of unbranched alkanes of at least 4 members (excludes halogenated alkanes) is 1. The molecule has 0 aromatic rings. The minimum Gasteiger partial charge on any atom is -0.478 e. The summed E-state index contributed by atoms with van der Waals surface area (Å²) in [6.45, 7) is 11.0. The molecule has 0 aliphatic carbocycles. The Morgan fingerprint density at radius 2 is 1.48 bits per heavy atom. The highest BCUT2D eigenvalue weighted by Crippen LogP contribution is 2.19. The number of aliphatic hydroxyl groups is 2. The zero-order valence-electron chi connectivity index (χ0n) is 19.2. The second-order valence-corrected chi connectivity index (χ2v) is 7.65. The van der Waals surface area contributed by atoms with Crippen molar-refractivity contribution in [3.8, 4) is 0 Å². The Morgan fingerprint density at radius 3 is 2.13 bits per heavy atom. The molecule has 4 unspecified atom stereocenters. The van der Waals surface area contributed by atoms with E-state index in [1.165, 1.54) is 0 Å². The Bertz CT molecular complexity index is 747. The maximum atomic E-state index is 10.6. The second-order valence-electron chi connectivity index (χ2n) is 7.65. The van der Waals surface area contributed by atoms with Crippen molar-refractivity contribution in [1.29, 1.82) is 0 Å². The zero-order valence-corrected chi connectivity index (χ0v) is 19.2. The first-order valence-electron chi connectivity index (χ1n) is 10.6. The average molecular weight is 427 g/mol. The van der Waals surface area contributed by atoms with E-state index >= 15 is 0 Å². The standard InChI is InChI=1S/C27H38O4/c1-21(2)17-13-11-12-16-20-25(28)24(5)26(29)22(3)18-14-9-7-6-8-10-15-19-23(4)27(30)31/h6,8,10-20,22,24-26,28-29H,1,7,9H2,2-5H3,(H,30,31). The van der Waals surface area contributed by atoms with Gasteiger partial charge in [-0.25, -0.2) is 4.79 Å². The molecule has 0 aliphatic rings. The van der Waals surface area contributed by atoms with E-state index in [0.717, 1.165) is 18.4 Å². The molecular weight excluding hydrogens is 388 g/mol. The van der Waals surface area contributed by atoms with E-state index in [9.17, 15) is 15.0 Å². The molecule has 0 saturated heterocycles. The molecule has 4 heteroatoms. The molecule has 0 aromatic heterocycles. The van der Waals surface area contributed by atoms with Crippen LogP contribution in [0.5, 0.6) is 0 Å². The number of aliphatic hydroxyl groups excluding tert-OH is 2. The number of hydrogen-bond acceptors (Lipinski definition) is 3. The van der Waals surface area contributed by atoms with Crippen LogP contribution in [-0.2, 0) is 4.79 Å². The van der Waals surface area contributed by atoms with Crippen LogP contribution in [0.25, 0.3) is 0 Å². The van der Waals surface area contributed by atoms with Gasteiger partial charge in [-0.05, 0) is 26.7 Å². The van der Waals surface area contributed by atoms with Crippen molar-refractivity contribution in [3.05, 3.63) is 96.7 Å². The molecule has 0 amide bonds. The van der Waals surface area contributed by atoms with Gasteiger partial charge in [0.05, 0.1) is 12.2 Å². The molecule has 4 nitrogen and oxygen atoms in total. The van der Waals surface area contributed by atoms with Crippen LogP contribution in [-0.4, -0.2) is 33.5 Å². The van der Waals surface area contributed by atoms with Crippen LogP contribution in [0.2, 0.25) is 0 Å². The van der Waals surface area contributed by atoms with Gasteiger partial charge in [0.1, 0.15) is 0 Å².